The van der Waals surface area contributed by atoms with Gasteiger partial charge in [-0.25, -0.2) is 0 Å². The third-order valence-corrected chi connectivity index (χ3v) is 2.54. The highest BCUT2D eigenvalue weighted by molar-refractivity contribution is 9.10. The minimum atomic E-state index is -4.42. The zero-order valence-corrected chi connectivity index (χ0v) is 9.17. The Morgan fingerprint density at radius 1 is 1.36 bits per heavy atom. The fraction of sp³-hybridized carbons (Fsp3) is 0.250. The van der Waals surface area contributed by atoms with Crippen molar-refractivity contribution in [1.82, 2.24) is 0 Å². The third-order valence-electron chi connectivity index (χ3n) is 1.62. The van der Waals surface area contributed by atoms with Gasteiger partial charge >= 0.3 is 6.18 Å². The highest BCUT2D eigenvalue weighted by Crippen LogP contribution is 2.39. The summed E-state index contributed by atoms with van der Waals surface area (Å²) in [5.74, 6) is -0.224. The van der Waals surface area contributed by atoms with Crippen LogP contribution in [0, 0.1) is 0 Å². The number of alkyl halides is 4. The standard InChI is InChI=1S/C8H6BrClF3N/c9-6-2-5(14)1-4(3-10)7(6)8(11,12)13/h1-2H,3,14H2. The number of anilines is 1. The summed E-state index contributed by atoms with van der Waals surface area (Å²) in [6.45, 7) is 0. The zero-order valence-electron chi connectivity index (χ0n) is 6.83. The first-order chi connectivity index (χ1) is 6.36. The average Bonchev–Trinajstić information content (AvgIpc) is 1.99. The molecular weight excluding hydrogens is 282 g/mol. The second-order valence-electron chi connectivity index (χ2n) is 2.67. The van der Waals surface area contributed by atoms with Crippen LogP contribution in [0.25, 0.3) is 0 Å². The van der Waals surface area contributed by atoms with Crippen molar-refractivity contribution in [2.45, 2.75) is 12.1 Å². The summed E-state index contributed by atoms with van der Waals surface area (Å²) in [6, 6.07) is 2.43. The fourth-order valence-corrected chi connectivity index (χ4v) is 2.06. The van der Waals surface area contributed by atoms with E-state index in [2.05, 4.69) is 15.9 Å². The van der Waals surface area contributed by atoms with Crippen LogP contribution in [0.15, 0.2) is 16.6 Å². The van der Waals surface area contributed by atoms with Crippen LogP contribution in [0.5, 0.6) is 0 Å². The number of rotatable bonds is 1. The van der Waals surface area contributed by atoms with E-state index in [1.807, 2.05) is 0 Å². The Morgan fingerprint density at radius 2 is 1.93 bits per heavy atom. The molecule has 0 aliphatic heterocycles. The summed E-state index contributed by atoms with van der Waals surface area (Å²) in [4.78, 5) is 0. The molecule has 0 spiro atoms. The van der Waals surface area contributed by atoms with Gasteiger partial charge in [-0.2, -0.15) is 13.2 Å². The lowest BCUT2D eigenvalue weighted by Crippen LogP contribution is -2.10. The predicted molar refractivity (Wildman–Crippen MR) is 53.1 cm³/mol. The van der Waals surface area contributed by atoms with E-state index in [0.717, 1.165) is 0 Å². The largest absolute Gasteiger partial charge is 0.417 e. The van der Waals surface area contributed by atoms with Gasteiger partial charge in [0.25, 0.3) is 0 Å². The molecule has 6 heteroatoms. The molecule has 0 saturated carbocycles. The maximum absolute atomic E-state index is 12.5. The van der Waals surface area contributed by atoms with Crippen molar-refractivity contribution >= 4 is 33.2 Å². The number of halogens is 5. The number of nitrogens with two attached hydrogens (primary N) is 1. The summed E-state index contributed by atoms with van der Waals surface area (Å²) in [6.07, 6.45) is -4.42. The molecule has 1 aromatic carbocycles. The second-order valence-corrected chi connectivity index (χ2v) is 3.79. The smallest absolute Gasteiger partial charge is 0.399 e. The first-order valence-electron chi connectivity index (χ1n) is 3.57. The minimum Gasteiger partial charge on any atom is -0.399 e. The quantitative estimate of drug-likeness (QED) is 0.617. The number of hydrogen-bond acceptors (Lipinski definition) is 1. The molecule has 1 rings (SSSR count). The molecular formula is C8H6BrClF3N. The Balaban J connectivity index is 3.40. The van der Waals surface area contributed by atoms with Crippen LogP contribution >= 0.6 is 27.5 Å². The molecule has 0 fully saturated rings. The molecule has 0 unspecified atom stereocenters. The number of nitrogen functional groups attached to an aromatic ring is 1. The molecule has 0 bridgehead atoms. The van der Waals surface area contributed by atoms with Gasteiger partial charge in [0.2, 0.25) is 0 Å². The van der Waals surface area contributed by atoms with E-state index in [1.165, 1.54) is 12.1 Å². The predicted octanol–water partition coefficient (Wildman–Crippen LogP) is 3.79. The molecule has 2 N–H and O–H groups in total. The lowest BCUT2D eigenvalue weighted by atomic mass is 10.1. The van der Waals surface area contributed by atoms with Crippen molar-refractivity contribution in [3.8, 4) is 0 Å². The molecule has 1 aromatic rings. The first-order valence-corrected chi connectivity index (χ1v) is 4.90. The third kappa shape index (κ3) is 2.33. The fourth-order valence-electron chi connectivity index (χ4n) is 1.11. The maximum Gasteiger partial charge on any atom is 0.417 e. The lowest BCUT2D eigenvalue weighted by Gasteiger charge is -2.13. The molecule has 0 aliphatic rings. The van der Waals surface area contributed by atoms with E-state index in [4.69, 9.17) is 17.3 Å². The van der Waals surface area contributed by atoms with Crippen molar-refractivity contribution in [2.24, 2.45) is 0 Å². The minimum absolute atomic E-state index is 0.0222. The average molecular weight is 288 g/mol. The van der Waals surface area contributed by atoms with E-state index >= 15 is 0 Å². The number of benzene rings is 1. The van der Waals surface area contributed by atoms with Crippen LogP contribution in [-0.2, 0) is 12.1 Å². The van der Waals surface area contributed by atoms with Crippen LogP contribution in [0.2, 0.25) is 0 Å². The Morgan fingerprint density at radius 3 is 2.36 bits per heavy atom. The SMILES string of the molecule is Nc1cc(Br)c(C(F)(F)F)c(CCl)c1. The van der Waals surface area contributed by atoms with E-state index in [9.17, 15) is 13.2 Å². The molecule has 1 nitrogen and oxygen atoms in total. The molecule has 0 atom stereocenters. The van der Waals surface area contributed by atoms with Crippen LogP contribution in [0.3, 0.4) is 0 Å². The normalized spacial score (nSPS) is 11.8. The first kappa shape index (κ1) is 11.7. The zero-order chi connectivity index (χ0) is 10.9. The molecule has 0 saturated heterocycles. The Kier molecular flexibility index (Phi) is 3.32. The summed E-state index contributed by atoms with van der Waals surface area (Å²) < 4.78 is 37.4. The van der Waals surface area contributed by atoms with Gasteiger partial charge in [-0.3, -0.25) is 0 Å². The summed E-state index contributed by atoms with van der Waals surface area (Å²) in [7, 11) is 0. The number of hydrogen-bond donors (Lipinski definition) is 1. The van der Waals surface area contributed by atoms with Gasteiger partial charge in [0.05, 0.1) is 5.56 Å². The molecule has 78 valence electrons. The van der Waals surface area contributed by atoms with Gasteiger partial charge < -0.3 is 5.73 Å². The molecule has 0 amide bonds. The van der Waals surface area contributed by atoms with Gasteiger partial charge in [0.1, 0.15) is 0 Å². The van der Waals surface area contributed by atoms with Gasteiger partial charge in [0, 0.05) is 16.0 Å². The summed E-state index contributed by atoms with van der Waals surface area (Å²) in [5.41, 5.74) is 4.86. The van der Waals surface area contributed by atoms with Crippen LogP contribution in [-0.4, -0.2) is 0 Å². The van der Waals surface area contributed by atoms with E-state index < -0.39 is 11.7 Å². The van der Waals surface area contributed by atoms with E-state index in [0.29, 0.717) is 0 Å². The highest BCUT2D eigenvalue weighted by Gasteiger charge is 2.35. The molecule has 14 heavy (non-hydrogen) atoms. The van der Waals surface area contributed by atoms with Gasteiger partial charge in [-0.05, 0) is 17.7 Å². The van der Waals surface area contributed by atoms with Crippen LogP contribution in [0.1, 0.15) is 11.1 Å². The second kappa shape index (κ2) is 3.98. The highest BCUT2D eigenvalue weighted by atomic mass is 79.9. The Labute approximate surface area is 92.2 Å². The van der Waals surface area contributed by atoms with Crippen LogP contribution in [0.4, 0.5) is 18.9 Å². The Hall–Kier alpha value is -0.420. The van der Waals surface area contributed by atoms with E-state index in [-0.39, 0.29) is 21.6 Å². The van der Waals surface area contributed by atoms with Crippen molar-refractivity contribution in [3.05, 3.63) is 27.7 Å². The molecule has 0 aromatic heterocycles. The van der Waals surface area contributed by atoms with Crippen molar-refractivity contribution in [1.29, 1.82) is 0 Å². The Bertz CT molecular complexity index is 351. The van der Waals surface area contributed by atoms with Gasteiger partial charge in [-0.15, -0.1) is 11.6 Å². The van der Waals surface area contributed by atoms with Crippen molar-refractivity contribution < 1.29 is 13.2 Å². The van der Waals surface area contributed by atoms with Crippen LogP contribution < -0.4 is 5.73 Å². The van der Waals surface area contributed by atoms with Gasteiger partial charge in [-0.1, -0.05) is 15.9 Å². The molecule has 0 radical (unpaired) electrons. The maximum atomic E-state index is 12.5. The molecule has 0 heterocycles. The van der Waals surface area contributed by atoms with Crippen molar-refractivity contribution in [2.75, 3.05) is 5.73 Å². The lowest BCUT2D eigenvalue weighted by molar-refractivity contribution is -0.138. The van der Waals surface area contributed by atoms with E-state index in [1.54, 1.807) is 0 Å². The summed E-state index contributed by atoms with van der Waals surface area (Å²) in [5, 5.41) is 0. The monoisotopic (exact) mass is 287 g/mol. The summed E-state index contributed by atoms with van der Waals surface area (Å²) >= 11 is 8.22. The molecule has 0 aliphatic carbocycles. The van der Waals surface area contributed by atoms with Crippen molar-refractivity contribution in [3.63, 3.8) is 0 Å². The van der Waals surface area contributed by atoms with Gasteiger partial charge in [0.15, 0.2) is 0 Å². The topological polar surface area (TPSA) is 26.0 Å².